The minimum atomic E-state index is -3.96. The SMILES string of the molecule is O=S(=O)(NCCc1ccccc1)c1cc(Cl)cc2c(O)nc(O)nc12. The van der Waals surface area contributed by atoms with Crippen molar-refractivity contribution in [3.8, 4) is 11.9 Å². The van der Waals surface area contributed by atoms with Crippen LogP contribution in [-0.4, -0.2) is 35.1 Å². The molecule has 3 N–H and O–H groups in total. The molecule has 2 aromatic carbocycles. The molecule has 0 fully saturated rings. The lowest BCUT2D eigenvalue weighted by Crippen LogP contribution is -2.26. The third-order valence-corrected chi connectivity index (χ3v) is 5.23. The molecule has 0 saturated carbocycles. The number of aromatic nitrogens is 2. The molecule has 0 saturated heterocycles. The molecule has 0 bridgehead atoms. The smallest absolute Gasteiger partial charge is 0.317 e. The van der Waals surface area contributed by atoms with Crippen molar-refractivity contribution in [2.45, 2.75) is 11.3 Å². The first-order valence-corrected chi connectivity index (χ1v) is 9.16. The summed E-state index contributed by atoms with van der Waals surface area (Å²) in [4.78, 5) is 6.87. The van der Waals surface area contributed by atoms with Crippen LogP contribution in [0.4, 0.5) is 0 Å². The molecule has 0 aliphatic heterocycles. The highest BCUT2D eigenvalue weighted by Gasteiger charge is 2.21. The molecule has 0 unspecified atom stereocenters. The highest BCUT2D eigenvalue weighted by atomic mass is 35.5. The van der Waals surface area contributed by atoms with Crippen LogP contribution in [0.5, 0.6) is 11.9 Å². The molecule has 3 aromatic rings. The van der Waals surface area contributed by atoms with Crippen molar-refractivity contribution in [3.05, 3.63) is 53.1 Å². The number of nitrogens with one attached hydrogen (secondary N) is 1. The monoisotopic (exact) mass is 379 g/mol. The van der Waals surface area contributed by atoms with Crippen molar-refractivity contribution in [1.82, 2.24) is 14.7 Å². The van der Waals surface area contributed by atoms with Gasteiger partial charge in [0.05, 0.1) is 5.39 Å². The van der Waals surface area contributed by atoms with Gasteiger partial charge in [-0.2, -0.15) is 9.97 Å². The maximum absolute atomic E-state index is 12.6. The number of nitrogens with zero attached hydrogens (tertiary/aromatic N) is 2. The Hall–Kier alpha value is -2.42. The molecule has 0 aliphatic rings. The van der Waals surface area contributed by atoms with E-state index in [1.807, 2.05) is 30.3 Å². The zero-order valence-corrected chi connectivity index (χ0v) is 14.4. The fourth-order valence-electron chi connectivity index (χ4n) is 2.40. The van der Waals surface area contributed by atoms with E-state index in [-0.39, 0.29) is 27.4 Å². The molecular weight excluding hydrogens is 366 g/mol. The van der Waals surface area contributed by atoms with E-state index in [1.54, 1.807) is 0 Å². The van der Waals surface area contributed by atoms with Gasteiger partial charge in [0.25, 0.3) is 0 Å². The first kappa shape index (κ1) is 17.4. The lowest BCUT2D eigenvalue weighted by molar-refractivity contribution is 0.403. The fourth-order valence-corrected chi connectivity index (χ4v) is 3.90. The summed E-state index contributed by atoms with van der Waals surface area (Å²) in [6.45, 7) is 0.170. The summed E-state index contributed by atoms with van der Waals surface area (Å²) in [5.74, 6) is -0.550. The van der Waals surface area contributed by atoms with E-state index in [9.17, 15) is 18.6 Å². The standard InChI is InChI=1S/C16H14ClN3O4S/c17-11-8-12-14(19-16(22)20-15(12)21)13(9-11)25(23,24)18-7-6-10-4-2-1-3-5-10/h1-5,8-9,18H,6-7H2,(H2,19,20,21,22). The maximum Gasteiger partial charge on any atom is 0.317 e. The Kier molecular flexibility index (Phi) is 4.76. The molecule has 9 heteroatoms. The second-order valence-corrected chi connectivity index (χ2v) is 7.45. The van der Waals surface area contributed by atoms with Gasteiger partial charge in [-0.1, -0.05) is 41.9 Å². The molecule has 25 heavy (non-hydrogen) atoms. The molecule has 0 spiro atoms. The van der Waals surface area contributed by atoms with E-state index >= 15 is 0 Å². The Balaban J connectivity index is 1.94. The van der Waals surface area contributed by atoms with Crippen molar-refractivity contribution < 1.29 is 18.6 Å². The van der Waals surface area contributed by atoms with Gasteiger partial charge in [0.15, 0.2) is 0 Å². The number of sulfonamides is 1. The van der Waals surface area contributed by atoms with Crippen molar-refractivity contribution in [2.24, 2.45) is 0 Å². The van der Waals surface area contributed by atoms with E-state index in [2.05, 4.69) is 14.7 Å². The van der Waals surface area contributed by atoms with Crippen LogP contribution in [0.1, 0.15) is 5.56 Å². The quantitative estimate of drug-likeness (QED) is 0.626. The van der Waals surface area contributed by atoms with E-state index in [0.29, 0.717) is 6.42 Å². The Bertz CT molecular complexity index is 1030. The van der Waals surface area contributed by atoms with Crippen molar-refractivity contribution >= 4 is 32.5 Å². The number of hydrogen-bond acceptors (Lipinski definition) is 6. The molecule has 7 nitrogen and oxygen atoms in total. The molecule has 1 aromatic heterocycles. The predicted octanol–water partition coefficient (Wildman–Crippen LogP) is 2.22. The first-order valence-electron chi connectivity index (χ1n) is 7.29. The number of aromatic hydroxyl groups is 2. The average Bonchev–Trinajstić information content (AvgIpc) is 2.56. The third kappa shape index (κ3) is 3.81. The highest BCUT2D eigenvalue weighted by Crippen LogP contribution is 2.31. The van der Waals surface area contributed by atoms with Gasteiger partial charge in [0.1, 0.15) is 10.4 Å². The van der Waals surface area contributed by atoms with Gasteiger partial charge < -0.3 is 10.2 Å². The van der Waals surface area contributed by atoms with Crippen LogP contribution in [0.2, 0.25) is 5.02 Å². The van der Waals surface area contributed by atoms with E-state index in [1.165, 1.54) is 12.1 Å². The van der Waals surface area contributed by atoms with Gasteiger partial charge in [0, 0.05) is 11.6 Å². The summed E-state index contributed by atoms with van der Waals surface area (Å²) in [7, 11) is -3.96. The van der Waals surface area contributed by atoms with Gasteiger partial charge >= 0.3 is 6.01 Å². The zero-order chi connectivity index (χ0) is 18.0. The predicted molar refractivity (Wildman–Crippen MR) is 93.2 cm³/mol. The fraction of sp³-hybridized carbons (Fsp3) is 0.125. The normalized spacial score (nSPS) is 11.7. The molecular formula is C16H14ClN3O4S. The molecule has 0 aliphatic carbocycles. The van der Waals surface area contributed by atoms with E-state index < -0.39 is 21.9 Å². The van der Waals surface area contributed by atoms with Crippen molar-refractivity contribution in [2.75, 3.05) is 6.54 Å². The number of fused-ring (bicyclic) bond motifs is 1. The molecule has 0 radical (unpaired) electrons. The number of hydrogen-bond donors (Lipinski definition) is 3. The molecule has 130 valence electrons. The van der Waals surface area contributed by atoms with E-state index in [4.69, 9.17) is 11.6 Å². The topological polar surface area (TPSA) is 112 Å². The lowest BCUT2D eigenvalue weighted by Gasteiger charge is -2.10. The lowest BCUT2D eigenvalue weighted by atomic mass is 10.2. The van der Waals surface area contributed by atoms with Gasteiger partial charge in [-0.3, -0.25) is 0 Å². The van der Waals surface area contributed by atoms with Crippen LogP contribution >= 0.6 is 11.6 Å². The minimum Gasteiger partial charge on any atom is -0.493 e. The van der Waals surface area contributed by atoms with Crippen LogP contribution in [0, 0.1) is 0 Å². The largest absolute Gasteiger partial charge is 0.493 e. The zero-order valence-electron chi connectivity index (χ0n) is 12.8. The number of rotatable bonds is 5. The number of halogens is 1. The van der Waals surface area contributed by atoms with Crippen LogP contribution in [0.15, 0.2) is 47.4 Å². The summed E-state index contributed by atoms with van der Waals surface area (Å²) < 4.78 is 27.7. The average molecular weight is 380 g/mol. The summed E-state index contributed by atoms with van der Waals surface area (Å²) in [6, 6.07) is 11.2. The van der Waals surface area contributed by atoms with Gasteiger partial charge in [-0.05, 0) is 24.1 Å². The van der Waals surface area contributed by atoms with Gasteiger partial charge in [0.2, 0.25) is 15.9 Å². The van der Waals surface area contributed by atoms with Crippen LogP contribution in [0.25, 0.3) is 10.9 Å². The maximum atomic E-state index is 12.6. The Morgan fingerprint density at radius 2 is 1.80 bits per heavy atom. The summed E-state index contributed by atoms with van der Waals surface area (Å²) in [5, 5.41) is 19.4. The summed E-state index contributed by atoms with van der Waals surface area (Å²) >= 11 is 5.95. The summed E-state index contributed by atoms with van der Waals surface area (Å²) in [6.07, 6.45) is 0.504. The van der Waals surface area contributed by atoms with Crippen LogP contribution < -0.4 is 4.72 Å². The summed E-state index contributed by atoms with van der Waals surface area (Å²) in [5.41, 5.74) is 0.875. The second-order valence-electron chi connectivity index (χ2n) is 5.28. The second kappa shape index (κ2) is 6.83. The molecule has 0 amide bonds. The third-order valence-electron chi connectivity index (χ3n) is 3.54. The van der Waals surface area contributed by atoms with Gasteiger partial charge in [-0.15, -0.1) is 0 Å². The molecule has 1 heterocycles. The molecule has 3 rings (SSSR count). The van der Waals surface area contributed by atoms with Crippen LogP contribution in [-0.2, 0) is 16.4 Å². The Morgan fingerprint density at radius 3 is 2.52 bits per heavy atom. The number of benzene rings is 2. The van der Waals surface area contributed by atoms with E-state index in [0.717, 1.165) is 5.56 Å². The van der Waals surface area contributed by atoms with Gasteiger partial charge in [-0.25, -0.2) is 13.1 Å². The Morgan fingerprint density at radius 1 is 1.08 bits per heavy atom. The van der Waals surface area contributed by atoms with Crippen molar-refractivity contribution in [3.63, 3.8) is 0 Å². The minimum absolute atomic E-state index is 0.0359. The van der Waals surface area contributed by atoms with Crippen molar-refractivity contribution in [1.29, 1.82) is 0 Å². The Labute approximate surface area is 149 Å². The van der Waals surface area contributed by atoms with Crippen LogP contribution in [0.3, 0.4) is 0 Å². The first-order chi connectivity index (χ1) is 11.9. The highest BCUT2D eigenvalue weighted by molar-refractivity contribution is 7.89. The molecule has 0 atom stereocenters.